The number of nitrogens with zero attached hydrogens (tertiary/aromatic N) is 1. The lowest BCUT2D eigenvalue weighted by atomic mass is 9.76. The van der Waals surface area contributed by atoms with Gasteiger partial charge >= 0.3 is 0 Å². The summed E-state index contributed by atoms with van der Waals surface area (Å²) in [6.45, 7) is 9.49. The second kappa shape index (κ2) is 10.9. The number of hydrogen-bond acceptors (Lipinski definition) is 3. The van der Waals surface area contributed by atoms with Crippen molar-refractivity contribution in [3.05, 3.63) is 0 Å². The van der Waals surface area contributed by atoms with Crippen LogP contribution in [0.15, 0.2) is 0 Å². The van der Waals surface area contributed by atoms with Crippen LogP contribution >= 0.6 is 11.8 Å². The highest BCUT2D eigenvalue weighted by Crippen LogP contribution is 2.32. The lowest BCUT2D eigenvalue weighted by Gasteiger charge is -2.40. The van der Waals surface area contributed by atoms with Gasteiger partial charge < -0.3 is 10.2 Å². The lowest BCUT2D eigenvalue weighted by Crippen LogP contribution is -2.47. The van der Waals surface area contributed by atoms with Crippen molar-refractivity contribution in [3.63, 3.8) is 0 Å². The van der Waals surface area contributed by atoms with E-state index in [1.165, 1.54) is 57.4 Å². The topological polar surface area (TPSA) is 15.3 Å². The van der Waals surface area contributed by atoms with Gasteiger partial charge in [-0.05, 0) is 76.5 Å². The van der Waals surface area contributed by atoms with Gasteiger partial charge in [0.2, 0.25) is 0 Å². The maximum absolute atomic E-state index is 3.82. The van der Waals surface area contributed by atoms with Gasteiger partial charge in [0.15, 0.2) is 0 Å². The Kier molecular flexibility index (Phi) is 10.0. The summed E-state index contributed by atoms with van der Waals surface area (Å²) in [6, 6.07) is 1.47. The Morgan fingerprint density at radius 2 is 2.05 bits per heavy atom. The van der Waals surface area contributed by atoms with Crippen LogP contribution in [-0.4, -0.2) is 49.1 Å². The van der Waals surface area contributed by atoms with Gasteiger partial charge in [0.1, 0.15) is 0 Å². The molecule has 0 spiro atoms. The fraction of sp³-hybridized carbons (Fsp3) is 1.00. The van der Waals surface area contributed by atoms with Crippen LogP contribution < -0.4 is 5.32 Å². The summed E-state index contributed by atoms with van der Waals surface area (Å²) in [6.07, 6.45) is 10.4. The van der Waals surface area contributed by atoms with E-state index in [-0.39, 0.29) is 0 Å². The zero-order valence-corrected chi connectivity index (χ0v) is 15.8. The summed E-state index contributed by atoms with van der Waals surface area (Å²) in [5, 5.41) is 3.82. The van der Waals surface area contributed by atoms with E-state index in [1.807, 2.05) is 11.8 Å². The van der Waals surface area contributed by atoms with E-state index in [0.29, 0.717) is 6.04 Å². The van der Waals surface area contributed by atoms with Crippen molar-refractivity contribution in [1.82, 2.24) is 10.2 Å². The van der Waals surface area contributed by atoms with Gasteiger partial charge in [-0.3, -0.25) is 0 Å². The minimum atomic E-state index is 0.714. The predicted octanol–water partition coefficient (Wildman–Crippen LogP) is 4.25. The molecule has 21 heavy (non-hydrogen) atoms. The zero-order chi connectivity index (χ0) is 15.7. The van der Waals surface area contributed by atoms with E-state index in [2.05, 4.69) is 44.3 Å². The summed E-state index contributed by atoms with van der Waals surface area (Å²) in [4.78, 5) is 2.61. The average molecular weight is 315 g/mol. The molecule has 0 aromatic rings. The van der Waals surface area contributed by atoms with Gasteiger partial charge in [-0.25, -0.2) is 0 Å². The molecule has 0 aliphatic heterocycles. The molecule has 1 aliphatic rings. The highest BCUT2D eigenvalue weighted by atomic mass is 32.2. The third kappa shape index (κ3) is 6.92. The van der Waals surface area contributed by atoms with Gasteiger partial charge in [-0.15, -0.1) is 0 Å². The van der Waals surface area contributed by atoms with Crippen molar-refractivity contribution in [2.24, 2.45) is 11.8 Å². The van der Waals surface area contributed by atoms with Gasteiger partial charge in [-0.2, -0.15) is 11.8 Å². The molecule has 0 saturated heterocycles. The molecule has 2 nitrogen and oxygen atoms in total. The third-order valence-corrected chi connectivity index (χ3v) is 5.98. The lowest BCUT2D eigenvalue weighted by molar-refractivity contribution is 0.131. The molecule has 1 fully saturated rings. The molecule has 0 amide bonds. The Labute approximate surface area is 137 Å². The molecule has 3 heteroatoms. The number of thioether (sulfide) groups is 1. The predicted molar refractivity (Wildman–Crippen MR) is 98.3 cm³/mol. The summed E-state index contributed by atoms with van der Waals surface area (Å²) >= 11 is 1.97. The maximum atomic E-state index is 3.82. The summed E-state index contributed by atoms with van der Waals surface area (Å²) < 4.78 is 0. The van der Waals surface area contributed by atoms with Gasteiger partial charge in [0, 0.05) is 18.6 Å². The Hall–Kier alpha value is 0.270. The van der Waals surface area contributed by atoms with E-state index in [4.69, 9.17) is 0 Å². The fourth-order valence-electron chi connectivity index (χ4n) is 3.59. The number of hydrogen-bond donors (Lipinski definition) is 1. The minimum Gasteiger partial charge on any atom is -0.314 e. The second-order valence-electron chi connectivity index (χ2n) is 6.98. The van der Waals surface area contributed by atoms with Crippen molar-refractivity contribution in [1.29, 1.82) is 0 Å². The van der Waals surface area contributed by atoms with Crippen LogP contribution in [0.25, 0.3) is 0 Å². The zero-order valence-electron chi connectivity index (χ0n) is 15.0. The van der Waals surface area contributed by atoms with Crippen LogP contribution in [0, 0.1) is 11.8 Å². The molecule has 4 unspecified atom stereocenters. The molecule has 0 aromatic heterocycles. The SMILES string of the molecule is CCCNC1CCC(CC)CC1CN(C)C(C)CCSC. The van der Waals surface area contributed by atoms with E-state index < -0.39 is 0 Å². The van der Waals surface area contributed by atoms with Crippen LogP contribution in [0.2, 0.25) is 0 Å². The van der Waals surface area contributed by atoms with Crippen molar-refractivity contribution in [3.8, 4) is 0 Å². The van der Waals surface area contributed by atoms with Crippen LogP contribution in [0.5, 0.6) is 0 Å². The largest absolute Gasteiger partial charge is 0.314 e. The quantitative estimate of drug-likeness (QED) is 0.649. The summed E-state index contributed by atoms with van der Waals surface area (Å²) in [5.74, 6) is 3.09. The van der Waals surface area contributed by atoms with E-state index in [1.54, 1.807) is 0 Å². The monoisotopic (exact) mass is 314 g/mol. The smallest absolute Gasteiger partial charge is 0.0108 e. The van der Waals surface area contributed by atoms with Gasteiger partial charge in [0.25, 0.3) is 0 Å². The number of nitrogens with one attached hydrogen (secondary N) is 1. The fourth-order valence-corrected chi connectivity index (χ4v) is 4.17. The van der Waals surface area contributed by atoms with E-state index >= 15 is 0 Å². The second-order valence-corrected chi connectivity index (χ2v) is 7.96. The molecule has 0 aromatic carbocycles. The molecule has 126 valence electrons. The molecular weight excluding hydrogens is 276 g/mol. The Morgan fingerprint density at radius 3 is 2.67 bits per heavy atom. The standard InChI is InChI=1S/C18H38N2S/c1-6-11-19-18-9-8-16(7-2)13-17(18)14-20(4)15(3)10-12-21-5/h15-19H,6-14H2,1-5H3. The first-order valence-electron chi connectivity index (χ1n) is 9.04. The first kappa shape index (κ1) is 19.3. The highest BCUT2D eigenvalue weighted by molar-refractivity contribution is 7.98. The molecule has 4 atom stereocenters. The third-order valence-electron chi connectivity index (χ3n) is 5.34. The van der Waals surface area contributed by atoms with Crippen molar-refractivity contribution in [2.45, 2.75) is 71.4 Å². The Bertz CT molecular complexity index is 260. The molecule has 1 rings (SSSR count). The maximum Gasteiger partial charge on any atom is 0.0108 e. The molecule has 0 radical (unpaired) electrons. The van der Waals surface area contributed by atoms with Gasteiger partial charge in [0.05, 0.1) is 0 Å². The Balaban J connectivity index is 2.51. The number of rotatable bonds is 10. The average Bonchev–Trinajstić information content (AvgIpc) is 2.51. The van der Waals surface area contributed by atoms with E-state index in [9.17, 15) is 0 Å². The molecule has 0 heterocycles. The van der Waals surface area contributed by atoms with Gasteiger partial charge in [-0.1, -0.05) is 20.3 Å². The molecule has 1 saturated carbocycles. The van der Waals surface area contributed by atoms with Crippen molar-refractivity contribution < 1.29 is 0 Å². The molecule has 0 bridgehead atoms. The normalized spacial score (nSPS) is 28.0. The summed E-state index contributed by atoms with van der Waals surface area (Å²) in [5.41, 5.74) is 0. The molecule has 1 N–H and O–H groups in total. The molecular formula is C18H38N2S. The molecule has 1 aliphatic carbocycles. The first-order valence-corrected chi connectivity index (χ1v) is 10.4. The van der Waals surface area contributed by atoms with E-state index in [0.717, 1.165) is 17.9 Å². The van der Waals surface area contributed by atoms with Crippen molar-refractivity contribution in [2.75, 3.05) is 32.1 Å². The summed E-state index contributed by atoms with van der Waals surface area (Å²) in [7, 11) is 2.33. The minimum absolute atomic E-state index is 0.714. The van der Waals surface area contributed by atoms with Crippen LogP contribution in [0.1, 0.15) is 59.3 Å². The first-order chi connectivity index (χ1) is 10.1. The highest BCUT2D eigenvalue weighted by Gasteiger charge is 2.30. The van der Waals surface area contributed by atoms with Crippen LogP contribution in [0.4, 0.5) is 0 Å². The van der Waals surface area contributed by atoms with Crippen LogP contribution in [0.3, 0.4) is 0 Å². The van der Waals surface area contributed by atoms with Crippen molar-refractivity contribution >= 4 is 11.8 Å². The Morgan fingerprint density at radius 1 is 1.29 bits per heavy atom. The van der Waals surface area contributed by atoms with Crippen LogP contribution in [-0.2, 0) is 0 Å².